The van der Waals surface area contributed by atoms with E-state index in [4.69, 9.17) is 0 Å². The van der Waals surface area contributed by atoms with Crippen molar-refractivity contribution in [2.24, 2.45) is 5.92 Å². The fraction of sp³-hybridized carbons (Fsp3) is 0.733. The fourth-order valence-corrected chi connectivity index (χ4v) is 2.95. The first-order valence-electron chi connectivity index (χ1n) is 8.13. The minimum absolute atomic E-state index is 0.0144. The van der Waals surface area contributed by atoms with Crippen LogP contribution in [-0.4, -0.2) is 53.7 Å². The van der Waals surface area contributed by atoms with Crippen LogP contribution >= 0.6 is 0 Å². The average Bonchev–Trinajstić information content (AvgIpc) is 2.79. The quantitative estimate of drug-likeness (QED) is 0.564. The lowest BCUT2D eigenvalue weighted by molar-refractivity contribution is -0.132. The van der Waals surface area contributed by atoms with Crippen molar-refractivity contribution in [3.05, 3.63) is 0 Å². The van der Waals surface area contributed by atoms with E-state index in [1.807, 2.05) is 0 Å². The molecule has 23 heavy (non-hydrogen) atoms. The number of nitrogens with zero attached hydrogens (tertiary/aromatic N) is 2. The Balaban J connectivity index is 1.62. The van der Waals surface area contributed by atoms with Crippen LogP contribution in [0.1, 0.15) is 44.9 Å². The first kappa shape index (κ1) is 17.2. The number of urea groups is 1. The molecule has 0 radical (unpaired) electrons. The number of carbonyl (C=O) groups is 4. The normalized spacial score (nSPS) is 19.2. The molecule has 2 fully saturated rings. The van der Waals surface area contributed by atoms with E-state index in [1.54, 1.807) is 7.05 Å². The number of rotatable bonds is 5. The minimum Gasteiger partial charge on any atom is -0.318 e. The van der Waals surface area contributed by atoms with E-state index in [-0.39, 0.29) is 49.2 Å². The molecular formula is C15H24N4O4. The fourth-order valence-electron chi connectivity index (χ4n) is 2.95. The van der Waals surface area contributed by atoms with Crippen LogP contribution in [0.3, 0.4) is 0 Å². The smallest absolute Gasteiger partial charge is 0.318 e. The van der Waals surface area contributed by atoms with Gasteiger partial charge in [-0.15, -0.1) is 0 Å². The van der Waals surface area contributed by atoms with Gasteiger partial charge >= 0.3 is 6.03 Å². The van der Waals surface area contributed by atoms with E-state index in [9.17, 15) is 19.2 Å². The van der Waals surface area contributed by atoms with Crippen molar-refractivity contribution in [2.45, 2.75) is 44.9 Å². The van der Waals surface area contributed by atoms with Gasteiger partial charge in [0.25, 0.3) is 0 Å². The van der Waals surface area contributed by atoms with Crippen LogP contribution in [0.25, 0.3) is 0 Å². The second kappa shape index (κ2) is 7.94. The van der Waals surface area contributed by atoms with Gasteiger partial charge in [0.05, 0.1) is 0 Å². The van der Waals surface area contributed by atoms with Gasteiger partial charge in [-0.3, -0.25) is 30.1 Å². The van der Waals surface area contributed by atoms with E-state index < -0.39 is 0 Å². The van der Waals surface area contributed by atoms with Crippen LogP contribution in [0.5, 0.6) is 0 Å². The number of nitrogens with one attached hydrogen (secondary N) is 2. The van der Waals surface area contributed by atoms with Crippen LogP contribution in [-0.2, 0) is 14.4 Å². The molecule has 5 amide bonds. The maximum absolute atomic E-state index is 11.9. The highest BCUT2D eigenvalue weighted by molar-refractivity contribution is 6.01. The third-order valence-electron chi connectivity index (χ3n) is 4.32. The number of amides is 5. The molecule has 8 nitrogen and oxygen atoms in total. The number of imide groups is 1. The zero-order chi connectivity index (χ0) is 16.8. The summed E-state index contributed by atoms with van der Waals surface area (Å²) in [6.45, 7) is 0.300. The first-order chi connectivity index (χ1) is 11.0. The Kier molecular flexibility index (Phi) is 5.95. The van der Waals surface area contributed by atoms with Crippen molar-refractivity contribution in [3.8, 4) is 0 Å². The van der Waals surface area contributed by atoms with E-state index in [2.05, 4.69) is 10.9 Å². The second-order valence-corrected chi connectivity index (χ2v) is 6.16. The summed E-state index contributed by atoms with van der Waals surface area (Å²) < 4.78 is 0. The van der Waals surface area contributed by atoms with Crippen LogP contribution in [0.4, 0.5) is 4.79 Å². The monoisotopic (exact) mass is 324 g/mol. The molecule has 128 valence electrons. The highest BCUT2D eigenvalue weighted by atomic mass is 16.2. The molecule has 2 aliphatic rings. The number of carbonyl (C=O) groups excluding carboxylic acids is 4. The molecule has 0 unspecified atom stereocenters. The summed E-state index contributed by atoms with van der Waals surface area (Å²) in [4.78, 5) is 49.3. The topological polar surface area (TPSA) is 98.8 Å². The Labute approximate surface area is 135 Å². The van der Waals surface area contributed by atoms with E-state index >= 15 is 0 Å². The number of hydrogen-bond donors (Lipinski definition) is 2. The van der Waals surface area contributed by atoms with Crippen molar-refractivity contribution in [1.29, 1.82) is 0 Å². The SMILES string of the molecule is CN1CC(=O)N(CCCC(=O)NNC(=O)C2CCCCC2)C1=O. The Morgan fingerprint density at radius 1 is 1.13 bits per heavy atom. The van der Waals surface area contributed by atoms with Crippen molar-refractivity contribution in [3.63, 3.8) is 0 Å². The largest absolute Gasteiger partial charge is 0.326 e. The predicted octanol–water partition coefficient (Wildman–Crippen LogP) is 0.388. The molecule has 0 spiro atoms. The molecule has 8 heteroatoms. The summed E-state index contributed by atoms with van der Waals surface area (Å²) >= 11 is 0. The molecule has 1 saturated carbocycles. The summed E-state index contributed by atoms with van der Waals surface area (Å²) in [6.07, 6.45) is 5.53. The molecule has 2 N–H and O–H groups in total. The average molecular weight is 324 g/mol. The summed E-state index contributed by atoms with van der Waals surface area (Å²) in [5, 5.41) is 0. The lowest BCUT2D eigenvalue weighted by Crippen LogP contribution is -2.45. The third-order valence-corrected chi connectivity index (χ3v) is 4.32. The van der Waals surface area contributed by atoms with Gasteiger partial charge < -0.3 is 4.90 Å². The molecule has 1 aliphatic heterocycles. The van der Waals surface area contributed by atoms with Gasteiger partial charge in [-0.25, -0.2) is 4.79 Å². The lowest BCUT2D eigenvalue weighted by Gasteiger charge is -2.20. The van der Waals surface area contributed by atoms with Gasteiger partial charge in [-0.1, -0.05) is 19.3 Å². The van der Waals surface area contributed by atoms with E-state index in [1.165, 1.54) is 11.3 Å². The Morgan fingerprint density at radius 2 is 1.83 bits per heavy atom. The van der Waals surface area contributed by atoms with Gasteiger partial charge in [-0.05, 0) is 19.3 Å². The summed E-state index contributed by atoms with van der Waals surface area (Å²) in [5.41, 5.74) is 4.86. The van der Waals surface area contributed by atoms with E-state index in [0.717, 1.165) is 30.6 Å². The Bertz CT molecular complexity index is 488. The van der Waals surface area contributed by atoms with Crippen molar-refractivity contribution >= 4 is 23.8 Å². The van der Waals surface area contributed by atoms with Gasteiger partial charge in [0.15, 0.2) is 0 Å². The molecule has 1 saturated heterocycles. The van der Waals surface area contributed by atoms with Crippen LogP contribution < -0.4 is 10.9 Å². The van der Waals surface area contributed by atoms with Gasteiger partial charge in [0, 0.05) is 25.9 Å². The number of hydrazine groups is 1. The second-order valence-electron chi connectivity index (χ2n) is 6.16. The maximum atomic E-state index is 11.9. The minimum atomic E-state index is -0.332. The molecule has 0 bridgehead atoms. The van der Waals surface area contributed by atoms with Gasteiger partial charge in [0.1, 0.15) is 6.54 Å². The molecular weight excluding hydrogens is 300 g/mol. The Morgan fingerprint density at radius 3 is 2.43 bits per heavy atom. The summed E-state index contributed by atoms with van der Waals surface area (Å²) in [5.74, 6) is -0.714. The number of likely N-dealkylation sites (N-methyl/N-ethyl adjacent to an activating group) is 1. The zero-order valence-corrected chi connectivity index (χ0v) is 13.5. The molecule has 0 atom stereocenters. The van der Waals surface area contributed by atoms with Crippen molar-refractivity contribution in [2.75, 3.05) is 20.1 Å². The third kappa shape index (κ3) is 4.67. The van der Waals surface area contributed by atoms with Crippen molar-refractivity contribution < 1.29 is 19.2 Å². The molecule has 0 aromatic rings. The van der Waals surface area contributed by atoms with Crippen LogP contribution in [0, 0.1) is 5.92 Å². The molecule has 2 rings (SSSR count). The summed E-state index contributed by atoms with van der Waals surface area (Å²) in [6, 6.07) is -0.332. The maximum Gasteiger partial charge on any atom is 0.326 e. The molecule has 1 heterocycles. The van der Waals surface area contributed by atoms with Gasteiger partial charge in [-0.2, -0.15) is 0 Å². The molecule has 0 aromatic carbocycles. The van der Waals surface area contributed by atoms with Gasteiger partial charge in [0.2, 0.25) is 17.7 Å². The van der Waals surface area contributed by atoms with Crippen molar-refractivity contribution in [1.82, 2.24) is 20.7 Å². The van der Waals surface area contributed by atoms with Crippen LogP contribution in [0.15, 0.2) is 0 Å². The standard InChI is InChI=1S/C15H24N4O4/c1-18-10-13(21)19(15(18)23)9-5-8-12(20)16-17-14(22)11-6-3-2-4-7-11/h11H,2-10H2,1H3,(H,16,20)(H,17,22). The molecule has 0 aromatic heterocycles. The lowest BCUT2D eigenvalue weighted by atomic mass is 9.89. The highest BCUT2D eigenvalue weighted by Gasteiger charge is 2.32. The predicted molar refractivity (Wildman–Crippen MR) is 81.8 cm³/mol. The van der Waals surface area contributed by atoms with E-state index in [0.29, 0.717) is 6.42 Å². The zero-order valence-electron chi connectivity index (χ0n) is 13.5. The summed E-state index contributed by atoms with van der Waals surface area (Å²) in [7, 11) is 1.56. The molecule has 1 aliphatic carbocycles. The Hall–Kier alpha value is -2.12. The first-order valence-corrected chi connectivity index (χ1v) is 8.13. The number of hydrogen-bond acceptors (Lipinski definition) is 4. The highest BCUT2D eigenvalue weighted by Crippen LogP contribution is 2.23. The van der Waals surface area contributed by atoms with Crippen LogP contribution in [0.2, 0.25) is 0 Å².